The molecule has 29 heavy (non-hydrogen) atoms. The zero-order valence-electron chi connectivity index (χ0n) is 16.0. The molecule has 0 fully saturated rings. The van der Waals surface area contributed by atoms with Crippen LogP contribution in [0.15, 0.2) is 43.1 Å². The third-order valence-electron chi connectivity index (χ3n) is 4.88. The van der Waals surface area contributed by atoms with Crippen LogP contribution < -0.4 is 10.6 Å². The molecule has 0 aliphatic rings. The maximum absolute atomic E-state index is 12.9. The molecule has 0 radical (unpaired) electrons. The van der Waals surface area contributed by atoms with Gasteiger partial charge in [-0.15, -0.1) is 0 Å². The van der Waals surface area contributed by atoms with Crippen LogP contribution in [0, 0.1) is 0 Å². The van der Waals surface area contributed by atoms with Gasteiger partial charge in [-0.25, -0.2) is 9.67 Å². The van der Waals surface area contributed by atoms with Gasteiger partial charge in [0.15, 0.2) is 5.82 Å². The molecule has 2 N–H and O–H groups in total. The molecule has 0 unspecified atom stereocenters. The number of anilines is 2. The molecule has 0 aliphatic carbocycles. The highest BCUT2D eigenvalue weighted by Gasteiger charge is 2.31. The maximum atomic E-state index is 12.9. The summed E-state index contributed by atoms with van der Waals surface area (Å²) in [7, 11) is 1.75. The molecule has 0 aliphatic heterocycles. The van der Waals surface area contributed by atoms with E-state index in [0.717, 1.165) is 11.1 Å². The Balaban J connectivity index is 1.72. The minimum atomic E-state index is -2.71. The van der Waals surface area contributed by atoms with Gasteiger partial charge in [-0.1, -0.05) is 0 Å². The second kappa shape index (κ2) is 6.76. The SMILES string of the molecule is CN(c1nc(N)nc(-c2ccc3cncn3c2)n1)C(C)(C)c1ccn(C(F)F)n1. The van der Waals surface area contributed by atoms with E-state index in [4.69, 9.17) is 5.73 Å². The van der Waals surface area contributed by atoms with E-state index < -0.39 is 12.1 Å². The smallest absolute Gasteiger partial charge is 0.333 e. The van der Waals surface area contributed by atoms with E-state index in [-0.39, 0.29) is 5.95 Å². The van der Waals surface area contributed by atoms with Gasteiger partial charge < -0.3 is 15.0 Å². The van der Waals surface area contributed by atoms with Crippen molar-refractivity contribution in [1.29, 1.82) is 0 Å². The summed E-state index contributed by atoms with van der Waals surface area (Å²) >= 11 is 0. The number of nitrogen functional groups attached to an aromatic ring is 1. The molecule has 4 aromatic rings. The Bertz CT molecular complexity index is 1170. The maximum Gasteiger partial charge on any atom is 0.333 e. The van der Waals surface area contributed by atoms with Crippen LogP contribution in [0.25, 0.3) is 16.9 Å². The van der Waals surface area contributed by atoms with E-state index in [9.17, 15) is 8.78 Å². The van der Waals surface area contributed by atoms with E-state index >= 15 is 0 Å². The summed E-state index contributed by atoms with van der Waals surface area (Å²) in [4.78, 5) is 18.8. The lowest BCUT2D eigenvalue weighted by atomic mass is 9.99. The summed E-state index contributed by atoms with van der Waals surface area (Å²) in [5.41, 5.74) is 7.26. The number of alkyl halides is 2. The lowest BCUT2D eigenvalue weighted by molar-refractivity contribution is 0.0557. The highest BCUT2D eigenvalue weighted by molar-refractivity contribution is 5.61. The number of nitrogens with zero attached hydrogens (tertiary/aromatic N) is 8. The number of hydrogen-bond acceptors (Lipinski definition) is 7. The van der Waals surface area contributed by atoms with Crippen molar-refractivity contribution in [1.82, 2.24) is 34.1 Å². The van der Waals surface area contributed by atoms with Gasteiger partial charge in [-0.05, 0) is 32.0 Å². The molecule has 0 saturated carbocycles. The largest absolute Gasteiger partial charge is 0.368 e. The van der Waals surface area contributed by atoms with Crippen LogP contribution in [0.1, 0.15) is 26.1 Å². The number of pyridine rings is 1. The molecule has 9 nitrogen and oxygen atoms in total. The molecule has 0 atom stereocenters. The fraction of sp³-hybridized carbons (Fsp3) is 0.278. The lowest BCUT2D eigenvalue weighted by Crippen LogP contribution is -2.40. The molecule has 0 amide bonds. The molecule has 4 aromatic heterocycles. The molecule has 0 aromatic carbocycles. The monoisotopic (exact) mass is 399 g/mol. The van der Waals surface area contributed by atoms with Crippen LogP contribution >= 0.6 is 0 Å². The predicted octanol–water partition coefficient (Wildman–Crippen LogP) is 2.73. The average Bonchev–Trinajstić information content (AvgIpc) is 3.36. The van der Waals surface area contributed by atoms with Crippen molar-refractivity contribution in [3.63, 3.8) is 0 Å². The van der Waals surface area contributed by atoms with Crippen LogP contribution in [0.5, 0.6) is 0 Å². The number of rotatable bonds is 5. The number of aromatic nitrogens is 7. The van der Waals surface area contributed by atoms with Gasteiger partial charge in [0.05, 0.1) is 29.3 Å². The van der Waals surface area contributed by atoms with E-state index in [1.807, 2.05) is 36.6 Å². The number of imidazole rings is 1. The molecule has 0 spiro atoms. The number of hydrogen-bond donors (Lipinski definition) is 1. The lowest BCUT2D eigenvalue weighted by Gasteiger charge is -2.34. The number of fused-ring (bicyclic) bond motifs is 1. The van der Waals surface area contributed by atoms with Crippen LogP contribution in [-0.4, -0.2) is 41.2 Å². The van der Waals surface area contributed by atoms with Gasteiger partial charge in [-0.3, -0.25) is 0 Å². The first-order chi connectivity index (χ1) is 13.8. The zero-order valence-corrected chi connectivity index (χ0v) is 16.0. The van der Waals surface area contributed by atoms with Gasteiger partial charge >= 0.3 is 6.55 Å². The Labute approximate surface area is 164 Å². The van der Waals surface area contributed by atoms with Crippen LogP contribution in [0.2, 0.25) is 0 Å². The van der Waals surface area contributed by atoms with Crippen molar-refractivity contribution in [2.24, 2.45) is 0 Å². The minimum absolute atomic E-state index is 0.0523. The van der Waals surface area contributed by atoms with E-state index in [1.54, 1.807) is 30.5 Å². The summed E-state index contributed by atoms with van der Waals surface area (Å²) < 4.78 is 28.3. The second-order valence-electron chi connectivity index (χ2n) is 7.04. The van der Waals surface area contributed by atoms with Crippen molar-refractivity contribution >= 4 is 17.4 Å². The highest BCUT2D eigenvalue weighted by Crippen LogP contribution is 2.30. The Morgan fingerprint density at radius 1 is 1.14 bits per heavy atom. The fourth-order valence-electron chi connectivity index (χ4n) is 2.91. The quantitative estimate of drug-likeness (QED) is 0.550. The molecule has 0 bridgehead atoms. The molecule has 0 saturated heterocycles. The molecule has 11 heteroatoms. The molecule has 4 heterocycles. The summed E-state index contributed by atoms with van der Waals surface area (Å²) in [6.07, 6.45) is 6.50. The van der Waals surface area contributed by atoms with Crippen molar-refractivity contribution in [2.45, 2.75) is 25.9 Å². The third-order valence-corrected chi connectivity index (χ3v) is 4.88. The van der Waals surface area contributed by atoms with Crippen molar-refractivity contribution in [3.05, 3.63) is 48.8 Å². The second-order valence-corrected chi connectivity index (χ2v) is 7.04. The van der Waals surface area contributed by atoms with Crippen molar-refractivity contribution in [3.8, 4) is 11.4 Å². The predicted molar refractivity (Wildman–Crippen MR) is 103 cm³/mol. The topological polar surface area (TPSA) is 103 Å². The summed E-state index contributed by atoms with van der Waals surface area (Å²) in [5, 5.41) is 3.97. The van der Waals surface area contributed by atoms with Crippen LogP contribution in [0.3, 0.4) is 0 Å². The van der Waals surface area contributed by atoms with E-state index in [0.29, 0.717) is 22.1 Å². The number of nitrogens with two attached hydrogens (primary N) is 1. The van der Waals surface area contributed by atoms with E-state index in [1.165, 1.54) is 6.20 Å². The van der Waals surface area contributed by atoms with Crippen LogP contribution in [0.4, 0.5) is 20.7 Å². The molecular weight excluding hydrogens is 380 g/mol. The minimum Gasteiger partial charge on any atom is -0.368 e. The average molecular weight is 399 g/mol. The first-order valence-corrected chi connectivity index (χ1v) is 8.77. The summed E-state index contributed by atoms with van der Waals surface area (Å²) in [6.45, 7) is 0.965. The van der Waals surface area contributed by atoms with Crippen molar-refractivity contribution < 1.29 is 8.78 Å². The molecular formula is C18H19F2N9. The molecule has 4 rings (SSSR count). The summed E-state index contributed by atoms with van der Waals surface area (Å²) in [6, 6.07) is 5.30. The first kappa shape index (κ1) is 18.7. The molecule has 150 valence electrons. The van der Waals surface area contributed by atoms with Gasteiger partial charge in [0, 0.05) is 25.0 Å². The highest BCUT2D eigenvalue weighted by atomic mass is 19.3. The Hall–Kier alpha value is -3.63. The summed E-state index contributed by atoms with van der Waals surface area (Å²) in [5.74, 6) is 0.746. The Kier molecular flexibility index (Phi) is 4.36. The van der Waals surface area contributed by atoms with Crippen molar-refractivity contribution in [2.75, 3.05) is 17.7 Å². The Morgan fingerprint density at radius 3 is 2.66 bits per heavy atom. The van der Waals surface area contributed by atoms with Gasteiger partial charge in [-0.2, -0.15) is 28.8 Å². The van der Waals surface area contributed by atoms with Gasteiger partial charge in [0.25, 0.3) is 0 Å². The standard InChI is InChI=1S/C18H19F2N9/c1-18(2,13-6-7-29(26-13)15(19)20)27(3)17-24-14(23-16(21)25-17)11-4-5-12-8-22-10-28(12)9-11/h4-10,15H,1-3H3,(H2,21,23,24,25). The Morgan fingerprint density at radius 2 is 1.93 bits per heavy atom. The fourth-order valence-corrected chi connectivity index (χ4v) is 2.91. The van der Waals surface area contributed by atoms with Gasteiger partial charge in [0.2, 0.25) is 11.9 Å². The first-order valence-electron chi connectivity index (χ1n) is 8.77. The number of halogens is 2. The zero-order chi connectivity index (χ0) is 20.8. The normalized spacial score (nSPS) is 12.1. The third kappa shape index (κ3) is 3.35. The van der Waals surface area contributed by atoms with E-state index in [2.05, 4.69) is 25.0 Å². The van der Waals surface area contributed by atoms with Gasteiger partial charge in [0.1, 0.15) is 0 Å². The van der Waals surface area contributed by atoms with Crippen LogP contribution in [-0.2, 0) is 5.54 Å².